The number of likely N-dealkylation sites (tertiary alicyclic amines) is 1. The first-order chi connectivity index (χ1) is 17.4. The Labute approximate surface area is 214 Å². The second kappa shape index (κ2) is 10.3. The molecule has 9 nitrogen and oxygen atoms in total. The van der Waals surface area contributed by atoms with E-state index < -0.39 is 11.7 Å². The van der Waals surface area contributed by atoms with E-state index in [0.717, 1.165) is 49.5 Å². The van der Waals surface area contributed by atoms with Crippen molar-refractivity contribution >= 4 is 46.2 Å². The van der Waals surface area contributed by atoms with E-state index in [2.05, 4.69) is 43.7 Å². The lowest BCUT2D eigenvalue weighted by Crippen LogP contribution is -2.46. The van der Waals surface area contributed by atoms with Crippen molar-refractivity contribution in [3.05, 3.63) is 48.2 Å². The molecule has 0 bridgehead atoms. The maximum Gasteiger partial charge on any atom is 0.412 e. The Kier molecular flexibility index (Phi) is 6.97. The van der Waals surface area contributed by atoms with Crippen LogP contribution in [0.4, 0.5) is 16.2 Å². The van der Waals surface area contributed by atoms with Gasteiger partial charge in [0.05, 0.1) is 29.8 Å². The number of ether oxygens (including phenoxy) is 2. The van der Waals surface area contributed by atoms with Crippen LogP contribution in [0.15, 0.2) is 47.5 Å². The van der Waals surface area contributed by atoms with E-state index in [9.17, 15) is 9.59 Å². The highest BCUT2D eigenvalue weighted by Crippen LogP contribution is 2.32. The van der Waals surface area contributed by atoms with Crippen molar-refractivity contribution in [2.45, 2.75) is 36.7 Å². The number of methoxy groups -OCH3 is 1. The zero-order valence-corrected chi connectivity index (χ0v) is 21.2. The number of nitrogens with zero attached hydrogens (tertiary/aromatic N) is 3. The fraction of sp³-hybridized carbons (Fsp3) is 0.385. The molecule has 3 aromatic rings. The first-order valence-corrected chi connectivity index (χ1v) is 13.0. The van der Waals surface area contributed by atoms with Gasteiger partial charge in [-0.25, -0.2) is 9.78 Å². The van der Waals surface area contributed by atoms with Gasteiger partial charge in [-0.1, -0.05) is 6.07 Å². The fourth-order valence-electron chi connectivity index (χ4n) is 4.51. The Morgan fingerprint density at radius 2 is 2.06 bits per heavy atom. The molecule has 188 valence electrons. The Morgan fingerprint density at radius 1 is 1.22 bits per heavy atom. The first-order valence-electron chi connectivity index (χ1n) is 12.0. The number of anilines is 2. The number of hydrogen-bond acceptors (Lipinski definition) is 8. The quantitative estimate of drug-likeness (QED) is 0.508. The van der Waals surface area contributed by atoms with Crippen LogP contribution in [0.5, 0.6) is 5.88 Å². The van der Waals surface area contributed by atoms with E-state index in [-0.39, 0.29) is 5.91 Å². The minimum atomic E-state index is -0.540. The maximum absolute atomic E-state index is 12.8. The number of benzene rings is 1. The molecule has 5 rings (SSSR count). The third-order valence-electron chi connectivity index (χ3n) is 6.65. The average Bonchev–Trinajstić information content (AvgIpc) is 2.88. The standard InChI is InChI=1S/C26H29N5O4S/c1-26(35-25(33)29-19-7-11-27-18-4-6-23(34-2)30-24(18)19)9-13-31(14-10-26)12-8-17-3-5-21-20(15-17)28-22(32)16-36-21/h3-7,11,15H,8-10,12-14,16H2,1-2H3,(H,28,32)(H,27,29,33). The van der Waals surface area contributed by atoms with Crippen molar-refractivity contribution in [2.75, 3.05) is 43.1 Å². The third kappa shape index (κ3) is 5.55. The Hall–Kier alpha value is -3.37. The number of thioether (sulfide) groups is 1. The minimum absolute atomic E-state index is 0.0529. The highest BCUT2D eigenvalue weighted by molar-refractivity contribution is 8.00. The molecule has 36 heavy (non-hydrogen) atoms. The van der Waals surface area contributed by atoms with Gasteiger partial charge in [-0.3, -0.25) is 15.1 Å². The van der Waals surface area contributed by atoms with Crippen LogP contribution in [-0.4, -0.2) is 65.0 Å². The molecule has 2 aromatic heterocycles. The summed E-state index contributed by atoms with van der Waals surface area (Å²) in [6, 6.07) is 11.5. The van der Waals surface area contributed by atoms with Gasteiger partial charge >= 0.3 is 6.09 Å². The van der Waals surface area contributed by atoms with Crippen LogP contribution in [0.2, 0.25) is 0 Å². The van der Waals surface area contributed by atoms with Crippen molar-refractivity contribution in [3.63, 3.8) is 0 Å². The topological polar surface area (TPSA) is 106 Å². The summed E-state index contributed by atoms with van der Waals surface area (Å²) in [7, 11) is 1.55. The molecule has 2 aliphatic rings. The minimum Gasteiger partial charge on any atom is -0.481 e. The number of carbonyl (C=O) groups is 2. The summed E-state index contributed by atoms with van der Waals surface area (Å²) < 4.78 is 11.1. The van der Waals surface area contributed by atoms with Gasteiger partial charge in [0.25, 0.3) is 0 Å². The molecule has 0 spiro atoms. The van der Waals surface area contributed by atoms with E-state index in [1.165, 1.54) is 5.56 Å². The number of amides is 2. The molecule has 0 unspecified atom stereocenters. The molecule has 1 saturated heterocycles. The smallest absolute Gasteiger partial charge is 0.412 e. The van der Waals surface area contributed by atoms with Crippen molar-refractivity contribution in [2.24, 2.45) is 0 Å². The lowest BCUT2D eigenvalue weighted by molar-refractivity contribution is -0.113. The molecule has 2 N–H and O–H groups in total. The number of nitrogens with one attached hydrogen (secondary N) is 2. The number of aromatic nitrogens is 2. The van der Waals surface area contributed by atoms with Crippen LogP contribution in [0.25, 0.3) is 11.0 Å². The van der Waals surface area contributed by atoms with E-state index in [4.69, 9.17) is 9.47 Å². The normalized spacial score (nSPS) is 17.2. The van der Waals surface area contributed by atoms with Gasteiger partial charge in [-0.15, -0.1) is 11.8 Å². The number of carbonyl (C=O) groups excluding carboxylic acids is 2. The predicted molar refractivity (Wildman–Crippen MR) is 140 cm³/mol. The van der Waals surface area contributed by atoms with Gasteiger partial charge in [0.2, 0.25) is 11.8 Å². The van der Waals surface area contributed by atoms with E-state index in [0.29, 0.717) is 28.4 Å². The molecule has 0 saturated carbocycles. The summed E-state index contributed by atoms with van der Waals surface area (Å²) in [4.78, 5) is 36.6. The highest BCUT2D eigenvalue weighted by Gasteiger charge is 2.33. The lowest BCUT2D eigenvalue weighted by Gasteiger charge is -2.38. The zero-order valence-electron chi connectivity index (χ0n) is 20.4. The lowest BCUT2D eigenvalue weighted by atomic mass is 9.93. The van der Waals surface area contributed by atoms with Gasteiger partial charge < -0.3 is 19.7 Å². The Balaban J connectivity index is 1.13. The number of piperidine rings is 1. The van der Waals surface area contributed by atoms with Crippen molar-refractivity contribution in [1.29, 1.82) is 0 Å². The number of pyridine rings is 2. The molecular weight excluding hydrogens is 478 g/mol. The average molecular weight is 508 g/mol. The second-order valence-electron chi connectivity index (χ2n) is 9.30. The summed E-state index contributed by atoms with van der Waals surface area (Å²) in [5.74, 6) is 0.978. The molecule has 10 heteroatoms. The van der Waals surface area contributed by atoms with Gasteiger partial charge in [0.15, 0.2) is 0 Å². The van der Waals surface area contributed by atoms with Crippen LogP contribution in [0.1, 0.15) is 25.3 Å². The van der Waals surface area contributed by atoms with Crippen LogP contribution >= 0.6 is 11.8 Å². The van der Waals surface area contributed by atoms with Gasteiger partial charge in [0.1, 0.15) is 11.1 Å². The molecule has 0 aliphatic carbocycles. The summed E-state index contributed by atoms with van der Waals surface area (Å²) in [5, 5.41) is 5.79. The first kappa shape index (κ1) is 24.3. The molecule has 2 aliphatic heterocycles. The molecule has 1 fully saturated rings. The van der Waals surface area contributed by atoms with Crippen LogP contribution in [0, 0.1) is 0 Å². The monoisotopic (exact) mass is 507 g/mol. The van der Waals surface area contributed by atoms with E-state index in [1.54, 1.807) is 43.3 Å². The van der Waals surface area contributed by atoms with Gasteiger partial charge in [-0.05, 0) is 56.0 Å². The van der Waals surface area contributed by atoms with Crippen LogP contribution in [0.3, 0.4) is 0 Å². The molecule has 4 heterocycles. The van der Waals surface area contributed by atoms with Crippen molar-refractivity contribution in [3.8, 4) is 5.88 Å². The van der Waals surface area contributed by atoms with E-state index >= 15 is 0 Å². The Bertz CT molecular complexity index is 1290. The fourth-order valence-corrected chi connectivity index (χ4v) is 5.29. The molecule has 2 amide bonds. The van der Waals surface area contributed by atoms with Gasteiger partial charge in [-0.2, -0.15) is 0 Å². The summed E-state index contributed by atoms with van der Waals surface area (Å²) in [5.41, 5.74) is 3.32. The van der Waals surface area contributed by atoms with Crippen molar-refractivity contribution in [1.82, 2.24) is 14.9 Å². The SMILES string of the molecule is COc1ccc2nccc(NC(=O)OC3(C)CCN(CCc4ccc5c(c4)NC(=O)CS5)CC3)c2n1. The highest BCUT2D eigenvalue weighted by atomic mass is 32.2. The van der Waals surface area contributed by atoms with Crippen molar-refractivity contribution < 1.29 is 19.1 Å². The summed E-state index contributed by atoms with van der Waals surface area (Å²) in [6.07, 6.45) is 3.53. The van der Waals surface area contributed by atoms with Crippen LogP contribution in [-0.2, 0) is 16.0 Å². The van der Waals surface area contributed by atoms with Crippen LogP contribution < -0.4 is 15.4 Å². The number of rotatable bonds is 6. The van der Waals surface area contributed by atoms with Gasteiger partial charge in [0, 0.05) is 36.8 Å². The molecule has 1 aromatic carbocycles. The largest absolute Gasteiger partial charge is 0.481 e. The summed E-state index contributed by atoms with van der Waals surface area (Å²) in [6.45, 7) is 4.59. The maximum atomic E-state index is 12.8. The number of fused-ring (bicyclic) bond motifs is 2. The molecule has 0 atom stereocenters. The molecule has 0 radical (unpaired) electrons. The predicted octanol–water partition coefficient (Wildman–Crippen LogP) is 4.33. The number of hydrogen-bond donors (Lipinski definition) is 2. The van der Waals surface area contributed by atoms with E-state index in [1.807, 2.05) is 6.92 Å². The second-order valence-corrected chi connectivity index (χ2v) is 10.3. The Morgan fingerprint density at radius 3 is 2.86 bits per heavy atom. The third-order valence-corrected chi connectivity index (χ3v) is 7.72. The molecular formula is C26H29N5O4S. The summed E-state index contributed by atoms with van der Waals surface area (Å²) >= 11 is 1.58. The zero-order chi connectivity index (χ0) is 25.1.